The van der Waals surface area contributed by atoms with Crippen LogP contribution in [0, 0.1) is 18.3 Å². The van der Waals surface area contributed by atoms with E-state index < -0.39 is 0 Å². The van der Waals surface area contributed by atoms with Crippen LogP contribution in [0.15, 0.2) is 35.1 Å². The number of hydrogen-bond donors (Lipinski definition) is 1. The van der Waals surface area contributed by atoms with Crippen LogP contribution >= 0.6 is 11.6 Å². The van der Waals surface area contributed by atoms with E-state index in [2.05, 4.69) is 4.98 Å². The minimum Gasteiger partial charge on any atom is -0.494 e. The fraction of sp³-hybridized carbons (Fsp3) is 0.250. The second-order valence-corrected chi connectivity index (χ2v) is 4.98. The molecule has 1 heterocycles. The van der Waals surface area contributed by atoms with Crippen LogP contribution in [-0.4, -0.2) is 17.5 Å². The van der Waals surface area contributed by atoms with E-state index in [0.717, 1.165) is 23.4 Å². The molecule has 108 valence electrons. The number of H-pyrrole nitrogens is 1. The summed E-state index contributed by atoms with van der Waals surface area (Å²) >= 11 is 5.59. The Hall–Kier alpha value is -2.25. The molecule has 0 bridgehead atoms. The van der Waals surface area contributed by atoms with Crippen molar-refractivity contribution in [3.63, 3.8) is 0 Å². The van der Waals surface area contributed by atoms with Gasteiger partial charge in [0.2, 0.25) is 0 Å². The molecule has 0 aliphatic carbocycles. The number of aryl methyl sites for hydroxylation is 1. The molecule has 2 aromatic rings. The summed E-state index contributed by atoms with van der Waals surface area (Å²) in [6, 6.07) is 11.1. The van der Waals surface area contributed by atoms with Gasteiger partial charge in [-0.25, -0.2) is 0 Å². The number of nitrogens with zero attached hydrogens (tertiary/aromatic N) is 1. The zero-order valence-corrected chi connectivity index (χ0v) is 12.4. The lowest BCUT2D eigenvalue weighted by Crippen LogP contribution is -2.12. The maximum absolute atomic E-state index is 11.8. The first kappa shape index (κ1) is 15.1. The van der Waals surface area contributed by atoms with E-state index in [9.17, 15) is 4.79 Å². The van der Waals surface area contributed by atoms with Gasteiger partial charge in [0.05, 0.1) is 6.61 Å². The molecule has 5 heteroatoms. The molecule has 0 saturated carbocycles. The third kappa shape index (κ3) is 3.65. The highest BCUT2D eigenvalue weighted by atomic mass is 35.5. The number of aromatic amines is 1. The quantitative estimate of drug-likeness (QED) is 0.681. The fourth-order valence-corrected chi connectivity index (χ4v) is 2.11. The third-order valence-electron chi connectivity index (χ3n) is 2.99. The van der Waals surface area contributed by atoms with Gasteiger partial charge in [-0.05, 0) is 37.1 Å². The van der Waals surface area contributed by atoms with Gasteiger partial charge >= 0.3 is 0 Å². The van der Waals surface area contributed by atoms with Crippen molar-refractivity contribution in [3.8, 4) is 22.9 Å². The van der Waals surface area contributed by atoms with Crippen molar-refractivity contribution in [1.29, 1.82) is 5.26 Å². The van der Waals surface area contributed by atoms with Gasteiger partial charge in [0.25, 0.3) is 5.56 Å². The summed E-state index contributed by atoms with van der Waals surface area (Å²) in [4.78, 5) is 14.4. The molecule has 0 fully saturated rings. The minimum atomic E-state index is -0.366. The number of hydrogen-bond acceptors (Lipinski definition) is 3. The van der Waals surface area contributed by atoms with Crippen molar-refractivity contribution in [1.82, 2.24) is 4.98 Å². The maximum atomic E-state index is 11.8. The van der Waals surface area contributed by atoms with Crippen LogP contribution in [0.25, 0.3) is 11.1 Å². The van der Waals surface area contributed by atoms with Gasteiger partial charge in [-0.15, -0.1) is 11.6 Å². The van der Waals surface area contributed by atoms with Gasteiger partial charge in [0, 0.05) is 17.1 Å². The van der Waals surface area contributed by atoms with Crippen LogP contribution in [0.5, 0.6) is 5.75 Å². The number of alkyl halides is 1. The minimum absolute atomic E-state index is 0.122. The standard InChI is InChI=1S/C16H15ClN2O2/c1-11-9-14(15(10-18)16(20)19-11)12-3-5-13(6-4-12)21-8-2-7-17/h3-6,9H,2,7-8H2,1H3,(H,19,20). The topological polar surface area (TPSA) is 65.9 Å². The molecule has 1 aromatic carbocycles. The molecule has 0 spiro atoms. The van der Waals surface area contributed by atoms with Crippen molar-refractivity contribution in [2.45, 2.75) is 13.3 Å². The van der Waals surface area contributed by atoms with Crippen LogP contribution < -0.4 is 10.3 Å². The molecule has 0 unspecified atom stereocenters. The number of halogens is 1. The van der Waals surface area contributed by atoms with Gasteiger partial charge in [0.15, 0.2) is 0 Å². The molecule has 0 aliphatic heterocycles. The average Bonchev–Trinajstić information content (AvgIpc) is 2.47. The largest absolute Gasteiger partial charge is 0.494 e. The molecule has 0 atom stereocenters. The molecule has 21 heavy (non-hydrogen) atoms. The van der Waals surface area contributed by atoms with E-state index in [1.165, 1.54) is 0 Å². The zero-order valence-electron chi connectivity index (χ0n) is 11.6. The second-order valence-electron chi connectivity index (χ2n) is 4.60. The Bertz CT molecular complexity index is 715. The van der Waals surface area contributed by atoms with Crippen LogP contribution in [-0.2, 0) is 0 Å². The van der Waals surface area contributed by atoms with Crippen LogP contribution in [0.4, 0.5) is 0 Å². The van der Waals surface area contributed by atoms with Gasteiger partial charge < -0.3 is 9.72 Å². The summed E-state index contributed by atoms with van der Waals surface area (Å²) in [5.41, 5.74) is 1.92. The molecule has 0 saturated heterocycles. The first-order valence-corrected chi connectivity index (χ1v) is 7.12. The Morgan fingerprint density at radius 2 is 2.05 bits per heavy atom. The normalized spacial score (nSPS) is 10.1. The predicted molar refractivity (Wildman–Crippen MR) is 82.8 cm³/mol. The Kier molecular flexibility index (Phi) is 5.02. The lowest BCUT2D eigenvalue weighted by Gasteiger charge is -2.08. The summed E-state index contributed by atoms with van der Waals surface area (Å²) in [6.45, 7) is 2.35. The number of aromatic nitrogens is 1. The summed E-state index contributed by atoms with van der Waals surface area (Å²) in [7, 11) is 0. The molecule has 0 aliphatic rings. The molecular formula is C16H15ClN2O2. The van der Waals surface area contributed by atoms with Crippen molar-refractivity contribution in [3.05, 3.63) is 51.9 Å². The lowest BCUT2D eigenvalue weighted by molar-refractivity contribution is 0.318. The predicted octanol–water partition coefficient (Wildman–Crippen LogP) is 3.23. The first-order chi connectivity index (χ1) is 10.2. The molecule has 0 radical (unpaired) electrons. The molecular weight excluding hydrogens is 288 g/mol. The fourth-order valence-electron chi connectivity index (χ4n) is 2.00. The van der Waals surface area contributed by atoms with Crippen molar-refractivity contribution >= 4 is 11.6 Å². The highest BCUT2D eigenvalue weighted by Crippen LogP contribution is 2.24. The number of ether oxygens (including phenoxy) is 1. The van der Waals surface area contributed by atoms with E-state index >= 15 is 0 Å². The van der Waals surface area contributed by atoms with E-state index in [0.29, 0.717) is 18.1 Å². The Labute approximate surface area is 128 Å². The Balaban J connectivity index is 2.31. The lowest BCUT2D eigenvalue weighted by atomic mass is 10.0. The molecule has 4 nitrogen and oxygen atoms in total. The van der Waals surface area contributed by atoms with Crippen molar-refractivity contribution in [2.24, 2.45) is 0 Å². The first-order valence-electron chi connectivity index (χ1n) is 6.59. The van der Waals surface area contributed by atoms with Gasteiger partial charge in [-0.3, -0.25) is 4.79 Å². The van der Waals surface area contributed by atoms with E-state index in [1.54, 1.807) is 13.0 Å². The maximum Gasteiger partial charge on any atom is 0.266 e. The van der Waals surface area contributed by atoms with Crippen LogP contribution in [0.1, 0.15) is 17.7 Å². The SMILES string of the molecule is Cc1cc(-c2ccc(OCCCCl)cc2)c(C#N)c(=O)[nH]1. The summed E-state index contributed by atoms with van der Waals surface area (Å²) in [5, 5.41) is 9.14. The molecule has 2 rings (SSSR count). The van der Waals surface area contributed by atoms with E-state index in [-0.39, 0.29) is 11.1 Å². The zero-order chi connectivity index (χ0) is 15.2. The molecule has 0 amide bonds. The summed E-state index contributed by atoms with van der Waals surface area (Å²) in [6.07, 6.45) is 0.787. The smallest absolute Gasteiger partial charge is 0.266 e. The van der Waals surface area contributed by atoms with Gasteiger partial charge in [-0.1, -0.05) is 12.1 Å². The summed E-state index contributed by atoms with van der Waals surface area (Å²) in [5.74, 6) is 1.30. The van der Waals surface area contributed by atoms with Crippen LogP contribution in [0.2, 0.25) is 0 Å². The molecule has 1 N–H and O–H groups in total. The Morgan fingerprint density at radius 3 is 2.67 bits per heavy atom. The van der Waals surface area contributed by atoms with E-state index in [4.69, 9.17) is 21.6 Å². The number of nitrogens with one attached hydrogen (secondary N) is 1. The highest BCUT2D eigenvalue weighted by Gasteiger charge is 2.10. The summed E-state index contributed by atoms with van der Waals surface area (Å²) < 4.78 is 5.52. The number of benzene rings is 1. The van der Waals surface area contributed by atoms with Crippen molar-refractivity contribution < 1.29 is 4.74 Å². The second kappa shape index (κ2) is 6.96. The Morgan fingerprint density at radius 1 is 1.33 bits per heavy atom. The van der Waals surface area contributed by atoms with Gasteiger partial charge in [0.1, 0.15) is 17.4 Å². The number of pyridine rings is 1. The third-order valence-corrected chi connectivity index (χ3v) is 3.26. The number of rotatable bonds is 5. The number of nitriles is 1. The highest BCUT2D eigenvalue weighted by molar-refractivity contribution is 6.17. The monoisotopic (exact) mass is 302 g/mol. The average molecular weight is 303 g/mol. The van der Waals surface area contributed by atoms with Crippen molar-refractivity contribution in [2.75, 3.05) is 12.5 Å². The molecule has 1 aromatic heterocycles. The van der Waals surface area contributed by atoms with E-state index in [1.807, 2.05) is 30.3 Å². The van der Waals surface area contributed by atoms with Gasteiger partial charge in [-0.2, -0.15) is 5.26 Å². The van der Waals surface area contributed by atoms with Crippen LogP contribution in [0.3, 0.4) is 0 Å².